The third-order valence-corrected chi connectivity index (χ3v) is 4.35. The zero-order valence-corrected chi connectivity index (χ0v) is 14.9. The summed E-state index contributed by atoms with van der Waals surface area (Å²) in [6, 6.07) is 12.6. The first-order valence-electron chi connectivity index (χ1n) is 8.47. The molecule has 0 unspecified atom stereocenters. The number of methoxy groups -OCH3 is 2. The third kappa shape index (κ3) is 3.77. The minimum absolute atomic E-state index is 0.107. The van der Waals surface area contributed by atoms with Gasteiger partial charge in [-0.15, -0.1) is 0 Å². The van der Waals surface area contributed by atoms with E-state index in [4.69, 9.17) is 9.47 Å². The van der Waals surface area contributed by atoms with E-state index in [0.717, 1.165) is 17.7 Å². The standard InChI is InChI=1S/C21H21NO4/c1-25-19-11-9-15(13-20(19)26-2)8-10-18(23)16-5-3-6-17(14-16)22-12-4-7-21(22)24/h3,5-6,8-11,13-14H,4,7,12H2,1-2H3. The monoisotopic (exact) mass is 351 g/mol. The molecular weight excluding hydrogens is 330 g/mol. The number of hydrogen-bond donors (Lipinski definition) is 0. The maximum Gasteiger partial charge on any atom is 0.227 e. The van der Waals surface area contributed by atoms with E-state index >= 15 is 0 Å². The van der Waals surface area contributed by atoms with Crippen LogP contribution >= 0.6 is 0 Å². The van der Waals surface area contributed by atoms with Gasteiger partial charge in [0, 0.05) is 24.2 Å². The molecule has 1 saturated heterocycles. The van der Waals surface area contributed by atoms with Gasteiger partial charge in [-0.3, -0.25) is 9.59 Å². The second-order valence-corrected chi connectivity index (χ2v) is 6.01. The lowest BCUT2D eigenvalue weighted by Gasteiger charge is -2.16. The van der Waals surface area contributed by atoms with E-state index in [9.17, 15) is 9.59 Å². The molecule has 26 heavy (non-hydrogen) atoms. The number of ketones is 1. The largest absolute Gasteiger partial charge is 0.493 e. The van der Waals surface area contributed by atoms with Gasteiger partial charge in [-0.1, -0.05) is 24.3 Å². The summed E-state index contributed by atoms with van der Waals surface area (Å²) in [7, 11) is 3.15. The maximum absolute atomic E-state index is 12.5. The summed E-state index contributed by atoms with van der Waals surface area (Å²) in [5.74, 6) is 1.24. The van der Waals surface area contributed by atoms with E-state index in [1.807, 2.05) is 18.2 Å². The van der Waals surface area contributed by atoms with Gasteiger partial charge in [0.1, 0.15) is 0 Å². The first kappa shape index (κ1) is 17.7. The number of benzene rings is 2. The molecule has 3 rings (SSSR count). The molecule has 1 aliphatic rings. The van der Waals surface area contributed by atoms with Crippen LogP contribution in [0.1, 0.15) is 28.8 Å². The Labute approximate surface area is 152 Å². The molecular formula is C21H21NO4. The minimum atomic E-state index is -0.117. The van der Waals surface area contributed by atoms with Crippen LogP contribution in [-0.2, 0) is 4.79 Å². The molecule has 0 aliphatic carbocycles. The van der Waals surface area contributed by atoms with Crippen molar-refractivity contribution in [2.45, 2.75) is 12.8 Å². The predicted octanol–water partition coefficient (Wildman–Crippen LogP) is 3.73. The summed E-state index contributed by atoms with van der Waals surface area (Å²) in [6.07, 6.45) is 4.68. The summed E-state index contributed by atoms with van der Waals surface area (Å²) >= 11 is 0. The Balaban J connectivity index is 1.78. The van der Waals surface area contributed by atoms with Crippen molar-refractivity contribution in [1.82, 2.24) is 0 Å². The zero-order chi connectivity index (χ0) is 18.5. The molecule has 5 nitrogen and oxygen atoms in total. The minimum Gasteiger partial charge on any atom is -0.493 e. The van der Waals surface area contributed by atoms with Crippen LogP contribution in [0.3, 0.4) is 0 Å². The van der Waals surface area contributed by atoms with Crippen LogP contribution in [0.2, 0.25) is 0 Å². The van der Waals surface area contributed by atoms with Crippen LogP contribution in [0.15, 0.2) is 48.5 Å². The zero-order valence-electron chi connectivity index (χ0n) is 14.9. The molecule has 134 valence electrons. The Kier molecular flexibility index (Phi) is 5.37. The number of amides is 1. The van der Waals surface area contributed by atoms with Crippen LogP contribution in [-0.4, -0.2) is 32.5 Å². The van der Waals surface area contributed by atoms with Crippen molar-refractivity contribution in [3.8, 4) is 11.5 Å². The van der Waals surface area contributed by atoms with E-state index in [2.05, 4.69) is 0 Å². The van der Waals surface area contributed by atoms with Gasteiger partial charge in [0.05, 0.1) is 14.2 Å². The van der Waals surface area contributed by atoms with Crippen molar-refractivity contribution in [1.29, 1.82) is 0 Å². The number of hydrogen-bond acceptors (Lipinski definition) is 4. The van der Waals surface area contributed by atoms with Crippen LogP contribution in [0.25, 0.3) is 6.08 Å². The lowest BCUT2D eigenvalue weighted by atomic mass is 10.1. The Morgan fingerprint density at radius 3 is 2.58 bits per heavy atom. The highest BCUT2D eigenvalue weighted by Crippen LogP contribution is 2.28. The molecule has 0 bridgehead atoms. The van der Waals surface area contributed by atoms with Gasteiger partial charge < -0.3 is 14.4 Å². The number of allylic oxidation sites excluding steroid dienone is 1. The summed E-state index contributed by atoms with van der Waals surface area (Å²) in [6.45, 7) is 0.706. The highest BCUT2D eigenvalue weighted by atomic mass is 16.5. The number of ether oxygens (including phenoxy) is 2. The lowest BCUT2D eigenvalue weighted by Crippen LogP contribution is -2.23. The van der Waals surface area contributed by atoms with Crippen LogP contribution in [0.4, 0.5) is 5.69 Å². The van der Waals surface area contributed by atoms with Gasteiger partial charge in [0.25, 0.3) is 0 Å². The molecule has 0 saturated carbocycles. The first-order chi connectivity index (χ1) is 12.6. The Hall–Kier alpha value is -3.08. The van der Waals surface area contributed by atoms with E-state index in [-0.39, 0.29) is 11.7 Å². The smallest absolute Gasteiger partial charge is 0.227 e. The molecule has 1 heterocycles. The van der Waals surface area contributed by atoms with Gasteiger partial charge >= 0.3 is 0 Å². The average Bonchev–Trinajstić information content (AvgIpc) is 3.11. The fraction of sp³-hybridized carbons (Fsp3) is 0.238. The quantitative estimate of drug-likeness (QED) is 0.588. The third-order valence-electron chi connectivity index (χ3n) is 4.35. The summed E-state index contributed by atoms with van der Waals surface area (Å²) in [4.78, 5) is 26.1. The molecule has 0 atom stereocenters. The average molecular weight is 351 g/mol. The van der Waals surface area contributed by atoms with Crippen molar-refractivity contribution in [2.24, 2.45) is 0 Å². The van der Waals surface area contributed by atoms with Crippen LogP contribution in [0.5, 0.6) is 11.5 Å². The van der Waals surface area contributed by atoms with E-state index in [1.165, 1.54) is 6.08 Å². The molecule has 1 aliphatic heterocycles. The number of anilines is 1. The first-order valence-corrected chi connectivity index (χ1v) is 8.47. The van der Waals surface area contributed by atoms with Gasteiger partial charge in [-0.2, -0.15) is 0 Å². The Morgan fingerprint density at radius 2 is 1.88 bits per heavy atom. The summed E-state index contributed by atoms with van der Waals surface area (Å²) in [5.41, 5.74) is 2.17. The van der Waals surface area contributed by atoms with Crippen molar-refractivity contribution < 1.29 is 19.1 Å². The van der Waals surface area contributed by atoms with Crippen molar-refractivity contribution in [3.63, 3.8) is 0 Å². The molecule has 2 aromatic carbocycles. The molecule has 5 heteroatoms. The van der Waals surface area contributed by atoms with Crippen LogP contribution in [0, 0.1) is 0 Å². The molecule has 1 fully saturated rings. The second kappa shape index (κ2) is 7.87. The van der Waals surface area contributed by atoms with E-state index < -0.39 is 0 Å². The Bertz CT molecular complexity index is 857. The molecule has 1 amide bonds. The summed E-state index contributed by atoms with van der Waals surface area (Å²) in [5, 5.41) is 0. The molecule has 0 spiro atoms. The number of nitrogens with zero attached hydrogens (tertiary/aromatic N) is 1. The van der Waals surface area contributed by atoms with Crippen molar-refractivity contribution in [3.05, 3.63) is 59.7 Å². The fourth-order valence-electron chi connectivity index (χ4n) is 2.97. The van der Waals surface area contributed by atoms with E-state index in [1.54, 1.807) is 49.5 Å². The van der Waals surface area contributed by atoms with Crippen LogP contribution < -0.4 is 14.4 Å². The SMILES string of the molecule is COc1ccc(C=CC(=O)c2cccc(N3CCCC3=O)c2)cc1OC. The van der Waals surface area contributed by atoms with Gasteiger partial charge in [0.2, 0.25) is 5.91 Å². The van der Waals surface area contributed by atoms with Crippen molar-refractivity contribution in [2.75, 3.05) is 25.7 Å². The van der Waals surface area contributed by atoms with Gasteiger partial charge in [-0.25, -0.2) is 0 Å². The number of carbonyl (C=O) groups is 2. The number of carbonyl (C=O) groups excluding carboxylic acids is 2. The predicted molar refractivity (Wildman–Crippen MR) is 101 cm³/mol. The second-order valence-electron chi connectivity index (χ2n) is 6.01. The fourth-order valence-corrected chi connectivity index (χ4v) is 2.97. The highest BCUT2D eigenvalue weighted by molar-refractivity contribution is 6.08. The van der Waals surface area contributed by atoms with Gasteiger partial charge in [0.15, 0.2) is 17.3 Å². The topological polar surface area (TPSA) is 55.8 Å². The molecule has 0 aromatic heterocycles. The summed E-state index contributed by atoms with van der Waals surface area (Å²) < 4.78 is 10.5. The number of rotatable bonds is 6. The molecule has 0 N–H and O–H groups in total. The van der Waals surface area contributed by atoms with Gasteiger partial charge in [-0.05, 0) is 42.3 Å². The molecule has 0 radical (unpaired) electrons. The lowest BCUT2D eigenvalue weighted by molar-refractivity contribution is -0.117. The maximum atomic E-state index is 12.5. The van der Waals surface area contributed by atoms with Crippen molar-refractivity contribution >= 4 is 23.5 Å². The Morgan fingerprint density at radius 1 is 1.08 bits per heavy atom. The molecule has 2 aromatic rings. The normalized spacial score (nSPS) is 14.1. The van der Waals surface area contributed by atoms with E-state index in [0.29, 0.717) is 30.0 Å². The highest BCUT2D eigenvalue weighted by Gasteiger charge is 2.22.